The largest absolute Gasteiger partial charge is 0.352 e. The van der Waals surface area contributed by atoms with Gasteiger partial charge in [0.1, 0.15) is 0 Å². The Kier molecular flexibility index (Phi) is 5.86. The third kappa shape index (κ3) is 4.66. The molecule has 84 valence electrons. The van der Waals surface area contributed by atoms with E-state index < -0.39 is 0 Å². The topological polar surface area (TPSA) is 29.1 Å². The Morgan fingerprint density at radius 1 is 1.67 bits per heavy atom. The number of carbonyl (C=O) groups excluding carboxylic acids is 1. The molecule has 1 N–H and O–H groups in total. The number of halogens is 2. The fourth-order valence-electron chi connectivity index (χ4n) is 1.08. The second-order valence-corrected chi connectivity index (χ2v) is 6.78. The molecular weight excluding hydrogens is 342 g/mol. The lowest BCUT2D eigenvalue weighted by Crippen LogP contribution is -2.25. The highest BCUT2D eigenvalue weighted by molar-refractivity contribution is 9.11. The van der Waals surface area contributed by atoms with Gasteiger partial charge < -0.3 is 5.32 Å². The number of carbonyl (C=O) groups is 1. The molecule has 1 atom stereocenters. The summed E-state index contributed by atoms with van der Waals surface area (Å²) in [5.41, 5.74) is 0.731. The summed E-state index contributed by atoms with van der Waals surface area (Å²) in [4.78, 5) is 12.1. The molecule has 5 heteroatoms. The molecule has 1 aromatic heterocycles. The first-order valence-electron chi connectivity index (χ1n) is 4.79. The SMILES string of the molecule is CCC(Br)CCNC(=O)c1csc(Br)c1. The van der Waals surface area contributed by atoms with Crippen molar-refractivity contribution in [3.8, 4) is 0 Å². The van der Waals surface area contributed by atoms with E-state index in [2.05, 4.69) is 44.1 Å². The van der Waals surface area contributed by atoms with Gasteiger partial charge in [-0.25, -0.2) is 0 Å². The van der Waals surface area contributed by atoms with Crippen molar-refractivity contribution >= 4 is 49.1 Å². The molecule has 0 spiro atoms. The number of hydrogen-bond acceptors (Lipinski definition) is 2. The van der Waals surface area contributed by atoms with Gasteiger partial charge in [-0.05, 0) is 34.8 Å². The molecule has 1 heterocycles. The third-order valence-corrected chi connectivity index (χ3v) is 4.63. The molecule has 0 bridgehead atoms. The van der Waals surface area contributed by atoms with E-state index in [9.17, 15) is 4.79 Å². The molecular formula is C10H13Br2NOS. The number of hydrogen-bond donors (Lipinski definition) is 1. The highest BCUT2D eigenvalue weighted by atomic mass is 79.9. The number of thiophene rings is 1. The quantitative estimate of drug-likeness (QED) is 0.800. The molecule has 0 saturated carbocycles. The minimum Gasteiger partial charge on any atom is -0.352 e. The van der Waals surface area contributed by atoms with Gasteiger partial charge in [-0.3, -0.25) is 4.79 Å². The minimum absolute atomic E-state index is 0.00718. The predicted octanol–water partition coefficient (Wildman–Crippen LogP) is 3.80. The molecule has 0 radical (unpaired) electrons. The van der Waals surface area contributed by atoms with Crippen LogP contribution in [0.2, 0.25) is 0 Å². The maximum absolute atomic E-state index is 11.6. The van der Waals surface area contributed by atoms with E-state index in [0.717, 1.165) is 28.7 Å². The van der Waals surface area contributed by atoms with Gasteiger partial charge in [0.05, 0.1) is 9.35 Å². The lowest BCUT2D eigenvalue weighted by Gasteiger charge is -2.07. The minimum atomic E-state index is 0.00718. The highest BCUT2D eigenvalue weighted by Crippen LogP contribution is 2.20. The summed E-state index contributed by atoms with van der Waals surface area (Å²) < 4.78 is 0.986. The fraction of sp³-hybridized carbons (Fsp3) is 0.500. The van der Waals surface area contributed by atoms with Crippen molar-refractivity contribution in [3.05, 3.63) is 20.8 Å². The van der Waals surface area contributed by atoms with E-state index in [-0.39, 0.29) is 5.91 Å². The summed E-state index contributed by atoms with van der Waals surface area (Å²) in [7, 11) is 0. The predicted molar refractivity (Wildman–Crippen MR) is 72.0 cm³/mol. The van der Waals surface area contributed by atoms with E-state index in [1.807, 2.05) is 11.4 Å². The Hall–Kier alpha value is 0.130. The zero-order valence-electron chi connectivity index (χ0n) is 8.43. The van der Waals surface area contributed by atoms with Crippen LogP contribution in [0.1, 0.15) is 30.1 Å². The summed E-state index contributed by atoms with van der Waals surface area (Å²) >= 11 is 8.39. The van der Waals surface area contributed by atoms with Gasteiger partial charge in [0, 0.05) is 16.8 Å². The second kappa shape index (κ2) is 6.66. The van der Waals surface area contributed by atoms with Gasteiger partial charge in [-0.2, -0.15) is 0 Å². The molecule has 0 fully saturated rings. The Morgan fingerprint density at radius 3 is 2.93 bits per heavy atom. The van der Waals surface area contributed by atoms with Crippen LogP contribution in [0.4, 0.5) is 0 Å². The van der Waals surface area contributed by atoms with Crippen LogP contribution in [-0.4, -0.2) is 17.3 Å². The van der Waals surface area contributed by atoms with Gasteiger partial charge in [0.25, 0.3) is 5.91 Å². The van der Waals surface area contributed by atoms with Crippen LogP contribution in [0.25, 0.3) is 0 Å². The standard InChI is InChI=1S/C10H13Br2NOS/c1-2-8(11)3-4-13-10(14)7-5-9(12)15-6-7/h5-6,8H,2-4H2,1H3,(H,13,14). The van der Waals surface area contributed by atoms with Crippen molar-refractivity contribution in [2.24, 2.45) is 0 Å². The second-order valence-electron chi connectivity index (χ2n) is 3.19. The number of amides is 1. The van der Waals surface area contributed by atoms with Gasteiger partial charge in [0.2, 0.25) is 0 Å². The van der Waals surface area contributed by atoms with Crippen molar-refractivity contribution in [3.63, 3.8) is 0 Å². The lowest BCUT2D eigenvalue weighted by molar-refractivity contribution is 0.0953. The normalized spacial score (nSPS) is 12.5. The zero-order valence-corrected chi connectivity index (χ0v) is 12.4. The Labute approximate surface area is 111 Å². The van der Waals surface area contributed by atoms with Crippen LogP contribution < -0.4 is 5.32 Å². The average molecular weight is 355 g/mol. The summed E-state index contributed by atoms with van der Waals surface area (Å²) in [6.45, 7) is 2.84. The lowest BCUT2D eigenvalue weighted by atomic mass is 10.2. The molecule has 1 aromatic rings. The summed E-state index contributed by atoms with van der Waals surface area (Å²) in [5.74, 6) is 0.00718. The van der Waals surface area contributed by atoms with Gasteiger partial charge in [0.15, 0.2) is 0 Å². The number of rotatable bonds is 5. The van der Waals surface area contributed by atoms with Crippen molar-refractivity contribution in [2.45, 2.75) is 24.6 Å². The van der Waals surface area contributed by atoms with E-state index >= 15 is 0 Å². The third-order valence-electron chi connectivity index (χ3n) is 2.02. The Bertz CT molecular complexity index is 327. The van der Waals surface area contributed by atoms with Crippen LogP contribution in [0.3, 0.4) is 0 Å². The van der Waals surface area contributed by atoms with Gasteiger partial charge in [-0.15, -0.1) is 11.3 Å². The Balaban J connectivity index is 2.31. The first kappa shape index (κ1) is 13.2. The molecule has 1 amide bonds. The van der Waals surface area contributed by atoms with Crippen molar-refractivity contribution in [1.29, 1.82) is 0 Å². The van der Waals surface area contributed by atoms with Crippen molar-refractivity contribution in [1.82, 2.24) is 5.32 Å². The summed E-state index contributed by atoms with van der Waals surface area (Å²) in [6.07, 6.45) is 2.05. The van der Waals surface area contributed by atoms with Gasteiger partial charge in [-0.1, -0.05) is 22.9 Å². The molecule has 15 heavy (non-hydrogen) atoms. The van der Waals surface area contributed by atoms with Crippen LogP contribution in [0.15, 0.2) is 15.2 Å². The maximum atomic E-state index is 11.6. The number of alkyl halides is 1. The Morgan fingerprint density at radius 2 is 2.40 bits per heavy atom. The van der Waals surface area contributed by atoms with E-state index in [1.165, 1.54) is 11.3 Å². The molecule has 0 aliphatic carbocycles. The molecule has 0 aromatic carbocycles. The number of nitrogens with one attached hydrogen (secondary N) is 1. The molecule has 0 saturated heterocycles. The fourth-order valence-corrected chi connectivity index (χ4v) is 2.44. The maximum Gasteiger partial charge on any atom is 0.252 e. The average Bonchev–Trinajstić information content (AvgIpc) is 2.64. The molecule has 0 aliphatic heterocycles. The van der Waals surface area contributed by atoms with E-state index in [4.69, 9.17) is 0 Å². The molecule has 1 unspecified atom stereocenters. The van der Waals surface area contributed by atoms with E-state index in [0.29, 0.717) is 4.83 Å². The van der Waals surface area contributed by atoms with Crippen molar-refractivity contribution in [2.75, 3.05) is 6.54 Å². The highest BCUT2D eigenvalue weighted by Gasteiger charge is 2.07. The summed E-state index contributed by atoms with van der Waals surface area (Å²) in [6, 6.07) is 1.84. The molecule has 1 rings (SSSR count). The van der Waals surface area contributed by atoms with Gasteiger partial charge >= 0.3 is 0 Å². The van der Waals surface area contributed by atoms with Crippen LogP contribution in [-0.2, 0) is 0 Å². The van der Waals surface area contributed by atoms with E-state index in [1.54, 1.807) is 0 Å². The zero-order chi connectivity index (χ0) is 11.3. The first-order valence-corrected chi connectivity index (χ1v) is 7.38. The summed E-state index contributed by atoms with van der Waals surface area (Å²) in [5, 5.41) is 4.75. The van der Waals surface area contributed by atoms with Crippen LogP contribution in [0.5, 0.6) is 0 Å². The van der Waals surface area contributed by atoms with Crippen molar-refractivity contribution < 1.29 is 4.79 Å². The molecule has 2 nitrogen and oxygen atoms in total. The first-order chi connectivity index (χ1) is 7.13. The monoisotopic (exact) mass is 353 g/mol. The smallest absolute Gasteiger partial charge is 0.252 e. The molecule has 0 aliphatic rings. The van der Waals surface area contributed by atoms with Crippen LogP contribution in [0, 0.1) is 0 Å². The van der Waals surface area contributed by atoms with Crippen LogP contribution >= 0.6 is 43.2 Å².